The normalized spacial score (nSPS) is 10.0. The number of allylic oxidation sites excluding steroid dienone is 1. The van der Waals surface area contributed by atoms with Crippen LogP contribution in [0.3, 0.4) is 0 Å². The van der Waals surface area contributed by atoms with Crippen LogP contribution in [-0.4, -0.2) is 9.55 Å². The Hall–Kier alpha value is -1.38. The second-order valence-electron chi connectivity index (χ2n) is 3.23. The minimum absolute atomic E-state index is 0.156. The summed E-state index contributed by atoms with van der Waals surface area (Å²) in [5.41, 5.74) is -0.156. The van der Waals surface area contributed by atoms with Crippen molar-refractivity contribution in [1.29, 1.82) is 0 Å². The van der Waals surface area contributed by atoms with Crippen molar-refractivity contribution >= 4 is 0 Å². The first kappa shape index (κ1) is 10.7. The van der Waals surface area contributed by atoms with Crippen LogP contribution >= 0.6 is 0 Å². The highest BCUT2D eigenvalue weighted by Crippen LogP contribution is 2.00. The summed E-state index contributed by atoms with van der Waals surface area (Å²) in [6, 6.07) is 1.78. The molecule has 0 atom stereocenters. The lowest BCUT2D eigenvalue weighted by Gasteiger charge is -2.02. The van der Waals surface area contributed by atoms with E-state index < -0.39 is 0 Å². The van der Waals surface area contributed by atoms with E-state index in [1.165, 1.54) is 6.20 Å². The Morgan fingerprint density at radius 2 is 2.29 bits per heavy atom. The second-order valence-corrected chi connectivity index (χ2v) is 3.23. The van der Waals surface area contributed by atoms with Crippen molar-refractivity contribution in [3.05, 3.63) is 41.6 Å². The maximum absolute atomic E-state index is 11.2. The van der Waals surface area contributed by atoms with Gasteiger partial charge in [-0.05, 0) is 25.3 Å². The average molecular weight is 192 g/mol. The lowest BCUT2D eigenvalue weighted by atomic mass is 10.2. The summed E-state index contributed by atoms with van der Waals surface area (Å²) in [7, 11) is 0. The first-order valence-electron chi connectivity index (χ1n) is 4.97. The third kappa shape index (κ3) is 3.56. The molecule has 3 nitrogen and oxygen atoms in total. The second kappa shape index (κ2) is 6.13. The van der Waals surface area contributed by atoms with Crippen molar-refractivity contribution in [2.45, 2.75) is 32.2 Å². The van der Waals surface area contributed by atoms with Crippen molar-refractivity contribution in [2.75, 3.05) is 0 Å². The third-order valence-corrected chi connectivity index (χ3v) is 2.09. The van der Waals surface area contributed by atoms with E-state index >= 15 is 0 Å². The zero-order valence-electron chi connectivity index (χ0n) is 8.35. The Bertz CT molecular complexity index is 330. The molecule has 0 N–H and O–H groups in total. The molecule has 0 spiro atoms. The van der Waals surface area contributed by atoms with Crippen LogP contribution in [0.5, 0.6) is 0 Å². The number of nitrogens with zero attached hydrogens (tertiary/aromatic N) is 2. The number of unbranched alkanes of at least 4 members (excludes halogenated alkanes) is 3. The van der Waals surface area contributed by atoms with Crippen LogP contribution in [0.15, 0.2) is 35.9 Å². The van der Waals surface area contributed by atoms with Gasteiger partial charge in [0.1, 0.15) is 0 Å². The van der Waals surface area contributed by atoms with Crippen LogP contribution in [0.2, 0.25) is 0 Å². The van der Waals surface area contributed by atoms with Gasteiger partial charge in [-0.3, -0.25) is 4.57 Å². The van der Waals surface area contributed by atoms with Gasteiger partial charge in [0, 0.05) is 18.9 Å². The molecule has 1 aromatic heterocycles. The summed E-state index contributed by atoms with van der Waals surface area (Å²) in [5.74, 6) is 0. The van der Waals surface area contributed by atoms with Crippen molar-refractivity contribution in [3.63, 3.8) is 0 Å². The molecular weight excluding hydrogens is 176 g/mol. The smallest absolute Gasteiger partial charge is 0.299 e. The van der Waals surface area contributed by atoms with Gasteiger partial charge in [0.25, 0.3) is 0 Å². The zero-order valence-corrected chi connectivity index (χ0v) is 8.35. The topological polar surface area (TPSA) is 34.9 Å². The fraction of sp³-hybridized carbons (Fsp3) is 0.455. The van der Waals surface area contributed by atoms with E-state index in [2.05, 4.69) is 11.6 Å². The first-order valence-corrected chi connectivity index (χ1v) is 4.97. The Labute approximate surface area is 84.1 Å². The van der Waals surface area contributed by atoms with E-state index in [1.54, 1.807) is 16.8 Å². The minimum atomic E-state index is -0.156. The van der Waals surface area contributed by atoms with Crippen LogP contribution in [0.25, 0.3) is 0 Å². The molecule has 0 bridgehead atoms. The fourth-order valence-corrected chi connectivity index (χ4v) is 1.30. The number of hydrogen-bond acceptors (Lipinski definition) is 2. The lowest BCUT2D eigenvalue weighted by Crippen LogP contribution is -2.21. The largest absolute Gasteiger partial charge is 0.347 e. The molecule has 1 heterocycles. The van der Waals surface area contributed by atoms with Crippen LogP contribution in [0, 0.1) is 0 Å². The van der Waals surface area contributed by atoms with Crippen molar-refractivity contribution in [1.82, 2.24) is 9.55 Å². The fourth-order valence-electron chi connectivity index (χ4n) is 1.30. The van der Waals surface area contributed by atoms with E-state index in [4.69, 9.17) is 0 Å². The van der Waals surface area contributed by atoms with Gasteiger partial charge < -0.3 is 0 Å². The summed E-state index contributed by atoms with van der Waals surface area (Å²) in [5, 5.41) is 0. The summed E-state index contributed by atoms with van der Waals surface area (Å²) < 4.78 is 1.65. The molecule has 3 heteroatoms. The molecule has 0 fully saturated rings. The molecule has 0 aliphatic carbocycles. The molecule has 1 rings (SSSR count). The van der Waals surface area contributed by atoms with E-state index in [-0.39, 0.29) is 5.69 Å². The lowest BCUT2D eigenvalue weighted by molar-refractivity contribution is 0.568. The molecule has 0 saturated carbocycles. The quantitative estimate of drug-likeness (QED) is 0.510. The maximum Gasteiger partial charge on any atom is 0.347 e. The molecule has 0 saturated heterocycles. The third-order valence-electron chi connectivity index (χ3n) is 2.09. The molecule has 0 aliphatic heterocycles. The molecule has 0 unspecified atom stereocenters. The van der Waals surface area contributed by atoms with Gasteiger partial charge in [-0.25, -0.2) is 9.78 Å². The number of aromatic nitrogens is 2. The Balaban J connectivity index is 2.28. The summed E-state index contributed by atoms with van der Waals surface area (Å²) >= 11 is 0. The average Bonchev–Trinajstić information content (AvgIpc) is 2.20. The van der Waals surface area contributed by atoms with Gasteiger partial charge in [0.05, 0.1) is 0 Å². The highest BCUT2D eigenvalue weighted by Gasteiger charge is 1.94. The molecular formula is C11H16N2O. The number of aryl methyl sites for hydroxylation is 1. The summed E-state index contributed by atoms with van der Waals surface area (Å²) in [6.45, 7) is 4.43. The highest BCUT2D eigenvalue weighted by molar-refractivity contribution is 4.80. The van der Waals surface area contributed by atoms with Gasteiger partial charge in [0.2, 0.25) is 0 Å². The molecule has 14 heavy (non-hydrogen) atoms. The van der Waals surface area contributed by atoms with Crippen LogP contribution in [0.4, 0.5) is 0 Å². The maximum atomic E-state index is 11.2. The minimum Gasteiger partial charge on any atom is -0.299 e. The van der Waals surface area contributed by atoms with Crippen molar-refractivity contribution in [2.24, 2.45) is 0 Å². The summed E-state index contributed by atoms with van der Waals surface area (Å²) in [6.07, 6.45) is 9.60. The van der Waals surface area contributed by atoms with E-state index in [9.17, 15) is 4.79 Å². The highest BCUT2D eigenvalue weighted by atomic mass is 16.1. The predicted molar refractivity (Wildman–Crippen MR) is 57.2 cm³/mol. The first-order chi connectivity index (χ1) is 6.84. The van der Waals surface area contributed by atoms with E-state index in [0.717, 1.165) is 32.2 Å². The number of rotatable bonds is 6. The van der Waals surface area contributed by atoms with Gasteiger partial charge in [-0.2, -0.15) is 0 Å². The molecule has 1 aromatic rings. The Morgan fingerprint density at radius 1 is 1.43 bits per heavy atom. The zero-order chi connectivity index (χ0) is 10.2. The van der Waals surface area contributed by atoms with Gasteiger partial charge in [-0.15, -0.1) is 6.58 Å². The van der Waals surface area contributed by atoms with Gasteiger partial charge in [0.15, 0.2) is 0 Å². The molecule has 0 radical (unpaired) electrons. The van der Waals surface area contributed by atoms with Gasteiger partial charge >= 0.3 is 5.69 Å². The Kier molecular flexibility index (Phi) is 4.69. The van der Waals surface area contributed by atoms with E-state index in [0.29, 0.717) is 0 Å². The van der Waals surface area contributed by atoms with Crippen molar-refractivity contribution in [3.8, 4) is 0 Å². The standard InChI is InChI=1S/C11H16N2O/c1-2-3-4-5-6-9-13-10-7-8-12-11(13)14/h2,7-8,10H,1,3-6,9H2. The van der Waals surface area contributed by atoms with Crippen LogP contribution in [-0.2, 0) is 6.54 Å². The number of hydrogen-bond donors (Lipinski definition) is 0. The molecule has 0 amide bonds. The molecule has 0 aliphatic rings. The van der Waals surface area contributed by atoms with Crippen LogP contribution < -0.4 is 5.69 Å². The van der Waals surface area contributed by atoms with Crippen molar-refractivity contribution < 1.29 is 0 Å². The SMILES string of the molecule is C=CCCCCCn1cccnc1=O. The Morgan fingerprint density at radius 3 is 3.00 bits per heavy atom. The van der Waals surface area contributed by atoms with E-state index in [1.807, 2.05) is 6.08 Å². The molecule has 0 aromatic carbocycles. The molecule has 76 valence electrons. The predicted octanol–water partition coefficient (Wildman–Crippen LogP) is 1.99. The summed E-state index contributed by atoms with van der Waals surface area (Å²) in [4.78, 5) is 14.9. The van der Waals surface area contributed by atoms with Gasteiger partial charge in [-0.1, -0.05) is 12.5 Å². The monoisotopic (exact) mass is 192 g/mol. The van der Waals surface area contributed by atoms with Crippen LogP contribution in [0.1, 0.15) is 25.7 Å².